The third-order valence-corrected chi connectivity index (χ3v) is 7.89. The lowest BCUT2D eigenvalue weighted by molar-refractivity contribution is -0.141. The Morgan fingerprint density at radius 3 is 2.36 bits per heavy atom. The lowest BCUT2D eigenvalue weighted by atomic mass is 9.95. The van der Waals surface area contributed by atoms with Crippen molar-refractivity contribution < 1.29 is 13.2 Å². The third kappa shape index (κ3) is 5.68. The predicted molar refractivity (Wildman–Crippen MR) is 158 cm³/mol. The summed E-state index contributed by atoms with van der Waals surface area (Å²) < 4.78 is 41.0. The van der Waals surface area contributed by atoms with Gasteiger partial charge >= 0.3 is 6.18 Å². The number of pyridine rings is 1. The molecule has 7 rings (SSSR count). The van der Waals surface area contributed by atoms with Crippen molar-refractivity contribution in [3.05, 3.63) is 102 Å². The number of fused-ring (bicyclic) bond motifs is 1. The molecule has 222 valence electrons. The molecule has 5 heterocycles. The van der Waals surface area contributed by atoms with Crippen LogP contribution in [0.5, 0.6) is 0 Å². The van der Waals surface area contributed by atoms with Gasteiger partial charge in [-0.15, -0.1) is 0 Å². The molecule has 0 amide bonds. The number of aromatic amines is 1. The number of hydrogen-bond acceptors (Lipinski definition) is 7. The number of piperidine rings is 1. The molecule has 0 unspecified atom stereocenters. The fourth-order valence-electron chi connectivity index (χ4n) is 5.65. The van der Waals surface area contributed by atoms with Crippen molar-refractivity contribution in [2.24, 2.45) is 0 Å². The van der Waals surface area contributed by atoms with Crippen LogP contribution >= 0.6 is 0 Å². The minimum atomic E-state index is -4.51. The van der Waals surface area contributed by atoms with Gasteiger partial charge in [-0.1, -0.05) is 60.7 Å². The molecule has 0 saturated carbocycles. The Kier molecular flexibility index (Phi) is 7.13. The molecule has 0 bridgehead atoms. The maximum absolute atomic E-state index is 13.1. The highest BCUT2D eigenvalue weighted by Gasteiger charge is 2.33. The van der Waals surface area contributed by atoms with Crippen LogP contribution in [0.15, 0.2) is 79.0 Å². The fraction of sp³-hybridized carbons (Fsp3) is 0.250. The minimum absolute atomic E-state index is 0.127. The van der Waals surface area contributed by atoms with Crippen molar-refractivity contribution in [3.63, 3.8) is 0 Å². The number of nitrogens with one attached hydrogen (secondary N) is 1. The molecule has 4 aromatic heterocycles. The second-order valence-electron chi connectivity index (χ2n) is 11.0. The molecule has 0 aliphatic carbocycles. The Morgan fingerprint density at radius 2 is 1.61 bits per heavy atom. The summed E-state index contributed by atoms with van der Waals surface area (Å²) in [6.45, 7) is 4.39. The molecule has 0 atom stereocenters. The van der Waals surface area contributed by atoms with Gasteiger partial charge in [0.15, 0.2) is 11.6 Å². The van der Waals surface area contributed by atoms with Crippen molar-refractivity contribution in [3.8, 4) is 33.9 Å². The van der Waals surface area contributed by atoms with Gasteiger partial charge in [0.2, 0.25) is 0 Å². The maximum Gasteiger partial charge on any atom is 0.433 e. The Hall–Kier alpha value is -4.97. The van der Waals surface area contributed by atoms with E-state index in [9.17, 15) is 13.2 Å². The minimum Gasteiger partial charge on any atom is -0.299 e. The lowest BCUT2D eigenvalue weighted by Crippen LogP contribution is -2.32. The van der Waals surface area contributed by atoms with E-state index >= 15 is 0 Å². The van der Waals surface area contributed by atoms with E-state index in [0.717, 1.165) is 60.9 Å². The summed E-state index contributed by atoms with van der Waals surface area (Å²) in [5.41, 5.74) is 4.28. The summed E-state index contributed by atoms with van der Waals surface area (Å²) in [5.74, 6) is 2.22. The van der Waals surface area contributed by atoms with Gasteiger partial charge in [-0.05, 0) is 56.1 Å². The van der Waals surface area contributed by atoms with Gasteiger partial charge in [-0.2, -0.15) is 28.4 Å². The summed E-state index contributed by atoms with van der Waals surface area (Å²) in [5, 5.41) is 11.5. The van der Waals surface area contributed by atoms with E-state index < -0.39 is 11.9 Å². The SMILES string of the molecule is Cc1nc2nc(-c3ccc(CN4CCC(c5n[nH]c(-c6cccc(C(F)(F)F)n6)n5)CC4)cc3)c(-c3ccccc3)cn2n1. The Bertz CT molecular complexity index is 1910. The zero-order valence-corrected chi connectivity index (χ0v) is 23.8. The van der Waals surface area contributed by atoms with Crippen LogP contribution in [0.25, 0.3) is 39.7 Å². The summed E-state index contributed by atoms with van der Waals surface area (Å²) >= 11 is 0. The van der Waals surface area contributed by atoms with E-state index in [1.807, 2.05) is 31.3 Å². The first-order valence-corrected chi connectivity index (χ1v) is 14.4. The van der Waals surface area contributed by atoms with Crippen LogP contribution in [0.3, 0.4) is 0 Å². The highest BCUT2D eigenvalue weighted by Crippen LogP contribution is 2.33. The van der Waals surface area contributed by atoms with Crippen LogP contribution in [0.2, 0.25) is 0 Å². The Morgan fingerprint density at radius 1 is 0.841 bits per heavy atom. The van der Waals surface area contributed by atoms with Crippen molar-refractivity contribution in [2.45, 2.75) is 38.4 Å². The molecule has 1 aliphatic heterocycles. The molecular formula is C32H28F3N9. The molecule has 0 spiro atoms. The number of benzene rings is 2. The topological polar surface area (TPSA) is 101 Å². The van der Waals surface area contributed by atoms with E-state index in [-0.39, 0.29) is 17.4 Å². The first-order valence-electron chi connectivity index (χ1n) is 14.4. The normalized spacial score (nSPS) is 14.8. The van der Waals surface area contributed by atoms with Crippen LogP contribution in [-0.2, 0) is 12.7 Å². The smallest absolute Gasteiger partial charge is 0.299 e. The number of aryl methyl sites for hydroxylation is 1. The third-order valence-electron chi connectivity index (χ3n) is 7.89. The molecule has 9 nitrogen and oxygen atoms in total. The summed E-state index contributed by atoms with van der Waals surface area (Å²) in [6, 6.07) is 22.4. The number of likely N-dealkylation sites (tertiary alicyclic amines) is 1. The number of halogens is 3. The Balaban J connectivity index is 1.02. The molecule has 0 radical (unpaired) electrons. The largest absolute Gasteiger partial charge is 0.433 e. The predicted octanol–water partition coefficient (Wildman–Crippen LogP) is 6.35. The van der Waals surface area contributed by atoms with Crippen LogP contribution in [0, 0.1) is 6.92 Å². The van der Waals surface area contributed by atoms with Gasteiger partial charge in [0.1, 0.15) is 17.2 Å². The highest BCUT2D eigenvalue weighted by atomic mass is 19.4. The van der Waals surface area contributed by atoms with Gasteiger partial charge < -0.3 is 0 Å². The van der Waals surface area contributed by atoms with Crippen molar-refractivity contribution in [2.75, 3.05) is 13.1 Å². The summed E-state index contributed by atoms with van der Waals surface area (Å²) in [7, 11) is 0. The highest BCUT2D eigenvalue weighted by molar-refractivity contribution is 5.81. The van der Waals surface area contributed by atoms with Crippen molar-refractivity contribution >= 4 is 5.78 Å². The van der Waals surface area contributed by atoms with Gasteiger partial charge in [0.25, 0.3) is 5.78 Å². The number of hydrogen-bond donors (Lipinski definition) is 1. The molecule has 2 aromatic carbocycles. The molecule has 1 saturated heterocycles. The van der Waals surface area contributed by atoms with Gasteiger partial charge in [-0.25, -0.2) is 19.5 Å². The van der Waals surface area contributed by atoms with Crippen LogP contribution in [-0.4, -0.2) is 57.7 Å². The number of nitrogens with zero attached hydrogens (tertiary/aromatic N) is 8. The molecule has 1 N–H and O–H groups in total. The van der Waals surface area contributed by atoms with Crippen molar-refractivity contribution in [1.29, 1.82) is 0 Å². The standard InChI is InChI=1S/C32H28F3N9/c1-20-36-31-38-28(25(19-44(31)42-20)22-6-3-2-4-7-22)23-12-10-21(11-13-23)18-43-16-14-24(15-17-43)29-39-30(41-40-29)26-8-5-9-27(37-26)32(33,34)35/h2-13,19,24H,14-18H2,1H3,(H,39,40,41). The second kappa shape index (κ2) is 11.3. The molecular weight excluding hydrogens is 567 g/mol. The van der Waals surface area contributed by atoms with Crippen LogP contribution in [0.1, 0.15) is 41.7 Å². The molecule has 6 aromatic rings. The van der Waals surface area contributed by atoms with E-state index in [0.29, 0.717) is 17.4 Å². The first kappa shape index (κ1) is 27.8. The molecule has 1 fully saturated rings. The molecule has 44 heavy (non-hydrogen) atoms. The number of aromatic nitrogens is 8. The monoisotopic (exact) mass is 595 g/mol. The fourth-order valence-corrected chi connectivity index (χ4v) is 5.65. The quantitative estimate of drug-likeness (QED) is 0.240. The van der Waals surface area contributed by atoms with Crippen molar-refractivity contribution in [1.82, 2.24) is 44.6 Å². The number of alkyl halides is 3. The van der Waals surface area contributed by atoms with Gasteiger partial charge in [0.05, 0.1) is 5.69 Å². The van der Waals surface area contributed by atoms with E-state index in [1.54, 1.807) is 4.52 Å². The van der Waals surface area contributed by atoms with Crippen LogP contribution < -0.4 is 0 Å². The van der Waals surface area contributed by atoms with E-state index in [2.05, 4.69) is 71.5 Å². The molecule has 1 aliphatic rings. The van der Waals surface area contributed by atoms with Gasteiger partial charge in [-0.3, -0.25) is 10.00 Å². The second-order valence-corrected chi connectivity index (χ2v) is 11.0. The van der Waals surface area contributed by atoms with Gasteiger partial charge in [0, 0.05) is 29.8 Å². The summed E-state index contributed by atoms with van der Waals surface area (Å²) in [6.07, 6.45) is -0.820. The van der Waals surface area contributed by atoms with E-state index in [4.69, 9.17) is 4.98 Å². The van der Waals surface area contributed by atoms with Crippen LogP contribution in [0.4, 0.5) is 13.2 Å². The average Bonchev–Trinajstić information content (AvgIpc) is 3.67. The zero-order valence-electron chi connectivity index (χ0n) is 23.8. The molecule has 12 heteroatoms. The van der Waals surface area contributed by atoms with E-state index in [1.165, 1.54) is 17.7 Å². The average molecular weight is 596 g/mol. The number of H-pyrrole nitrogens is 1. The Labute approximate surface area is 250 Å². The first-order chi connectivity index (χ1) is 21.3. The summed E-state index contributed by atoms with van der Waals surface area (Å²) in [4.78, 5) is 19.9. The lowest BCUT2D eigenvalue weighted by Gasteiger charge is -2.30. The maximum atomic E-state index is 13.1. The zero-order chi connectivity index (χ0) is 30.3. The number of rotatable bonds is 6.